The molecule has 0 radical (unpaired) electrons. The lowest BCUT2D eigenvalue weighted by Gasteiger charge is -2.15. The standard InChI is InChI=1S/C18H22N2O2/c1-13-3-5-16(6-4-13)17(21)12-20-18(22)11-14(2)15-7-9-19-10-8-15/h3-10,14,17,21H,11-12H2,1-2H3,(H,20,22)/t14?,17-/m0/s1. The molecule has 0 saturated carbocycles. The molecule has 2 rings (SSSR count). The Bertz CT molecular complexity index is 596. The number of aryl methyl sites for hydroxylation is 1. The fourth-order valence-corrected chi connectivity index (χ4v) is 2.28. The van der Waals surface area contributed by atoms with Gasteiger partial charge in [-0.3, -0.25) is 9.78 Å². The number of aliphatic hydroxyl groups is 1. The van der Waals surface area contributed by atoms with E-state index >= 15 is 0 Å². The number of carbonyl (C=O) groups excluding carboxylic acids is 1. The molecule has 1 aromatic heterocycles. The van der Waals surface area contributed by atoms with Crippen LogP contribution in [-0.4, -0.2) is 22.5 Å². The summed E-state index contributed by atoms with van der Waals surface area (Å²) >= 11 is 0. The molecule has 1 heterocycles. The van der Waals surface area contributed by atoms with E-state index in [1.807, 2.05) is 50.2 Å². The van der Waals surface area contributed by atoms with Gasteiger partial charge in [0.05, 0.1) is 6.10 Å². The van der Waals surface area contributed by atoms with Crippen LogP contribution in [0.4, 0.5) is 0 Å². The molecule has 2 N–H and O–H groups in total. The molecule has 2 aromatic rings. The first-order valence-electron chi connectivity index (χ1n) is 7.47. The Morgan fingerprint density at radius 1 is 1.14 bits per heavy atom. The lowest BCUT2D eigenvalue weighted by Crippen LogP contribution is -2.29. The molecule has 4 heteroatoms. The molecule has 0 aliphatic carbocycles. The van der Waals surface area contributed by atoms with Crippen LogP contribution in [0.15, 0.2) is 48.8 Å². The topological polar surface area (TPSA) is 62.2 Å². The smallest absolute Gasteiger partial charge is 0.220 e. The van der Waals surface area contributed by atoms with Crippen molar-refractivity contribution in [1.29, 1.82) is 0 Å². The SMILES string of the molecule is Cc1ccc([C@@H](O)CNC(=O)CC(C)c2ccncc2)cc1. The molecular weight excluding hydrogens is 276 g/mol. The highest BCUT2D eigenvalue weighted by Gasteiger charge is 2.13. The fraction of sp³-hybridized carbons (Fsp3) is 0.333. The maximum atomic E-state index is 12.0. The van der Waals surface area contributed by atoms with Gasteiger partial charge in [0, 0.05) is 25.4 Å². The Kier molecular flexibility index (Phi) is 5.67. The molecule has 0 aliphatic heterocycles. The third-order valence-electron chi connectivity index (χ3n) is 3.72. The van der Waals surface area contributed by atoms with Crippen molar-refractivity contribution in [3.05, 3.63) is 65.5 Å². The number of amides is 1. The Balaban J connectivity index is 1.81. The molecule has 116 valence electrons. The van der Waals surface area contributed by atoms with E-state index < -0.39 is 6.10 Å². The van der Waals surface area contributed by atoms with Crippen LogP contribution in [0.3, 0.4) is 0 Å². The Hall–Kier alpha value is -2.20. The lowest BCUT2D eigenvalue weighted by molar-refractivity contribution is -0.121. The van der Waals surface area contributed by atoms with Crippen LogP contribution < -0.4 is 5.32 Å². The van der Waals surface area contributed by atoms with Crippen molar-refractivity contribution in [1.82, 2.24) is 10.3 Å². The first-order chi connectivity index (χ1) is 10.6. The monoisotopic (exact) mass is 298 g/mol. The Morgan fingerprint density at radius 3 is 2.41 bits per heavy atom. The highest BCUT2D eigenvalue weighted by Crippen LogP contribution is 2.18. The summed E-state index contributed by atoms with van der Waals surface area (Å²) in [5.41, 5.74) is 3.04. The minimum Gasteiger partial charge on any atom is -0.387 e. The van der Waals surface area contributed by atoms with Crippen molar-refractivity contribution in [3.63, 3.8) is 0 Å². The van der Waals surface area contributed by atoms with Crippen LogP contribution in [0.5, 0.6) is 0 Å². The number of hydrogen-bond acceptors (Lipinski definition) is 3. The Morgan fingerprint density at radius 2 is 1.77 bits per heavy atom. The van der Waals surface area contributed by atoms with Gasteiger partial charge in [0.15, 0.2) is 0 Å². The van der Waals surface area contributed by atoms with E-state index in [1.54, 1.807) is 12.4 Å². The number of aromatic nitrogens is 1. The molecule has 1 amide bonds. The zero-order chi connectivity index (χ0) is 15.9. The van der Waals surface area contributed by atoms with Gasteiger partial charge in [0.1, 0.15) is 0 Å². The molecule has 0 fully saturated rings. The maximum absolute atomic E-state index is 12.0. The molecule has 0 aliphatic rings. The summed E-state index contributed by atoms with van der Waals surface area (Å²) in [6.45, 7) is 4.23. The van der Waals surface area contributed by atoms with Gasteiger partial charge in [0.2, 0.25) is 5.91 Å². The third kappa shape index (κ3) is 4.67. The number of benzene rings is 1. The van der Waals surface area contributed by atoms with Gasteiger partial charge in [-0.15, -0.1) is 0 Å². The summed E-state index contributed by atoms with van der Waals surface area (Å²) in [5, 5.41) is 12.9. The van der Waals surface area contributed by atoms with Crippen molar-refractivity contribution in [2.75, 3.05) is 6.54 Å². The first kappa shape index (κ1) is 16.2. The van der Waals surface area contributed by atoms with Gasteiger partial charge < -0.3 is 10.4 Å². The average molecular weight is 298 g/mol. The minimum atomic E-state index is -0.680. The molecule has 1 unspecified atom stereocenters. The normalized spacial score (nSPS) is 13.4. The van der Waals surface area contributed by atoms with E-state index in [2.05, 4.69) is 10.3 Å². The number of nitrogens with one attached hydrogen (secondary N) is 1. The quantitative estimate of drug-likeness (QED) is 0.862. The van der Waals surface area contributed by atoms with Gasteiger partial charge in [-0.1, -0.05) is 36.8 Å². The van der Waals surface area contributed by atoms with Crippen molar-refractivity contribution in [2.45, 2.75) is 32.3 Å². The molecule has 4 nitrogen and oxygen atoms in total. The largest absolute Gasteiger partial charge is 0.387 e. The summed E-state index contributed by atoms with van der Waals surface area (Å²) in [4.78, 5) is 16.0. The second kappa shape index (κ2) is 7.71. The van der Waals surface area contributed by atoms with Crippen LogP contribution in [0, 0.1) is 6.92 Å². The highest BCUT2D eigenvalue weighted by molar-refractivity contribution is 5.76. The lowest BCUT2D eigenvalue weighted by atomic mass is 9.98. The Labute approximate surface area is 131 Å². The molecule has 0 spiro atoms. The van der Waals surface area contributed by atoms with Crippen LogP contribution in [-0.2, 0) is 4.79 Å². The van der Waals surface area contributed by atoms with E-state index in [4.69, 9.17) is 0 Å². The second-order valence-corrected chi connectivity index (χ2v) is 5.62. The zero-order valence-electron chi connectivity index (χ0n) is 13.0. The maximum Gasteiger partial charge on any atom is 0.220 e. The van der Waals surface area contributed by atoms with Gasteiger partial charge in [-0.05, 0) is 36.1 Å². The van der Waals surface area contributed by atoms with Gasteiger partial charge in [0.25, 0.3) is 0 Å². The number of nitrogens with zero attached hydrogens (tertiary/aromatic N) is 1. The first-order valence-corrected chi connectivity index (χ1v) is 7.47. The predicted molar refractivity (Wildman–Crippen MR) is 86.4 cm³/mol. The molecule has 1 aromatic carbocycles. The fourth-order valence-electron chi connectivity index (χ4n) is 2.28. The average Bonchev–Trinajstić information content (AvgIpc) is 2.54. The number of aliphatic hydroxyl groups excluding tert-OH is 1. The summed E-state index contributed by atoms with van der Waals surface area (Å²) in [7, 11) is 0. The van der Waals surface area contributed by atoms with Crippen molar-refractivity contribution in [2.24, 2.45) is 0 Å². The summed E-state index contributed by atoms with van der Waals surface area (Å²) < 4.78 is 0. The molecular formula is C18H22N2O2. The predicted octanol–water partition coefficient (Wildman–Crippen LogP) is 2.73. The zero-order valence-corrected chi connectivity index (χ0v) is 13.0. The van der Waals surface area contributed by atoms with Gasteiger partial charge in [-0.25, -0.2) is 0 Å². The van der Waals surface area contributed by atoms with E-state index in [0.29, 0.717) is 6.42 Å². The number of hydrogen-bond donors (Lipinski definition) is 2. The van der Waals surface area contributed by atoms with E-state index in [9.17, 15) is 9.90 Å². The number of carbonyl (C=O) groups is 1. The molecule has 22 heavy (non-hydrogen) atoms. The number of rotatable bonds is 6. The van der Waals surface area contributed by atoms with Crippen LogP contribution >= 0.6 is 0 Å². The van der Waals surface area contributed by atoms with E-state index in [-0.39, 0.29) is 18.4 Å². The summed E-state index contributed by atoms with van der Waals surface area (Å²) in [6, 6.07) is 11.5. The molecule has 0 saturated heterocycles. The van der Waals surface area contributed by atoms with Gasteiger partial charge >= 0.3 is 0 Å². The number of pyridine rings is 1. The molecule has 2 atom stereocenters. The third-order valence-corrected chi connectivity index (χ3v) is 3.72. The van der Waals surface area contributed by atoms with Crippen LogP contribution in [0.25, 0.3) is 0 Å². The minimum absolute atomic E-state index is 0.0597. The summed E-state index contributed by atoms with van der Waals surface area (Å²) in [6.07, 6.45) is 3.17. The van der Waals surface area contributed by atoms with Gasteiger partial charge in [-0.2, -0.15) is 0 Å². The molecule has 0 bridgehead atoms. The van der Waals surface area contributed by atoms with Crippen LogP contribution in [0.1, 0.15) is 42.1 Å². The van der Waals surface area contributed by atoms with Crippen molar-refractivity contribution in [3.8, 4) is 0 Å². The summed E-state index contributed by atoms with van der Waals surface area (Å²) in [5.74, 6) is 0.0648. The van der Waals surface area contributed by atoms with Crippen molar-refractivity contribution >= 4 is 5.91 Å². The van der Waals surface area contributed by atoms with E-state index in [0.717, 1.165) is 16.7 Å². The van der Waals surface area contributed by atoms with Crippen LogP contribution in [0.2, 0.25) is 0 Å². The van der Waals surface area contributed by atoms with Crippen molar-refractivity contribution < 1.29 is 9.90 Å². The second-order valence-electron chi connectivity index (χ2n) is 5.62. The van der Waals surface area contributed by atoms with E-state index in [1.165, 1.54) is 0 Å². The highest BCUT2D eigenvalue weighted by atomic mass is 16.3.